The minimum Gasteiger partial charge on any atom is -0.469 e. The molecule has 35 heavy (non-hydrogen) atoms. The van der Waals surface area contributed by atoms with Crippen LogP contribution in [0.15, 0.2) is 48.5 Å². The predicted molar refractivity (Wildman–Crippen MR) is 128 cm³/mol. The Morgan fingerprint density at radius 3 is 2.09 bits per heavy atom. The topological polar surface area (TPSA) is 69.7 Å². The minimum atomic E-state index is -4.62. The van der Waals surface area contributed by atoms with Gasteiger partial charge in [-0.1, -0.05) is 62.1 Å². The average molecular weight is 515 g/mol. The maximum atomic E-state index is 13.3. The number of benzene rings is 2. The summed E-state index contributed by atoms with van der Waals surface area (Å²) in [4.78, 5) is 11.8. The van der Waals surface area contributed by atoms with E-state index in [0.29, 0.717) is 12.0 Å². The van der Waals surface area contributed by atoms with Gasteiger partial charge >= 0.3 is 12.1 Å². The Bertz CT molecular complexity index is 1040. The first-order chi connectivity index (χ1) is 16.5. The van der Waals surface area contributed by atoms with Crippen LogP contribution in [-0.4, -0.2) is 27.8 Å². The van der Waals surface area contributed by atoms with Crippen LogP contribution in [0.2, 0.25) is 0 Å². The van der Waals surface area contributed by atoms with E-state index < -0.39 is 40.4 Å². The molecule has 194 valence electrons. The zero-order valence-electron chi connectivity index (χ0n) is 20.1. The van der Waals surface area contributed by atoms with Crippen LogP contribution >= 0.6 is 0 Å². The number of halogens is 3. The largest absolute Gasteiger partial charge is 0.469 e. The van der Waals surface area contributed by atoms with Gasteiger partial charge in [-0.05, 0) is 54.5 Å². The SMILES string of the molecule is COC(=O)CC(OS(C)(=O)=O)c1cc(C(F)(F)F)ccc1CCCCCCCCc1ccccc1. The molecule has 0 aliphatic carbocycles. The first-order valence-electron chi connectivity index (χ1n) is 11.7. The molecule has 0 saturated heterocycles. The van der Waals surface area contributed by atoms with Crippen molar-refractivity contribution in [2.75, 3.05) is 13.4 Å². The zero-order valence-corrected chi connectivity index (χ0v) is 21.0. The molecule has 0 aromatic heterocycles. The van der Waals surface area contributed by atoms with Crippen molar-refractivity contribution in [3.8, 4) is 0 Å². The van der Waals surface area contributed by atoms with E-state index in [2.05, 4.69) is 16.9 Å². The predicted octanol–water partition coefficient (Wildman–Crippen LogP) is 6.41. The van der Waals surface area contributed by atoms with E-state index in [-0.39, 0.29) is 5.56 Å². The molecule has 0 aliphatic rings. The van der Waals surface area contributed by atoms with Crippen molar-refractivity contribution >= 4 is 16.1 Å². The lowest BCUT2D eigenvalue weighted by Gasteiger charge is -2.21. The molecule has 2 aromatic rings. The van der Waals surface area contributed by atoms with Gasteiger partial charge in [0, 0.05) is 0 Å². The fourth-order valence-electron chi connectivity index (χ4n) is 3.94. The van der Waals surface area contributed by atoms with E-state index in [0.717, 1.165) is 70.4 Å². The van der Waals surface area contributed by atoms with Gasteiger partial charge in [0.25, 0.3) is 10.1 Å². The van der Waals surface area contributed by atoms with Crippen LogP contribution in [-0.2, 0) is 42.9 Å². The number of carbonyl (C=O) groups is 1. The number of esters is 1. The molecule has 0 N–H and O–H groups in total. The van der Waals surface area contributed by atoms with Crippen LogP contribution in [0.5, 0.6) is 0 Å². The second-order valence-corrected chi connectivity index (χ2v) is 10.2. The van der Waals surface area contributed by atoms with Crippen LogP contribution in [0.4, 0.5) is 13.2 Å². The maximum absolute atomic E-state index is 13.3. The zero-order chi connectivity index (χ0) is 25.9. The van der Waals surface area contributed by atoms with Gasteiger partial charge in [0.15, 0.2) is 0 Å². The normalized spacial score (nSPS) is 12.9. The lowest BCUT2D eigenvalue weighted by Crippen LogP contribution is -2.18. The van der Waals surface area contributed by atoms with E-state index in [4.69, 9.17) is 4.18 Å². The highest BCUT2D eigenvalue weighted by Crippen LogP contribution is 2.35. The van der Waals surface area contributed by atoms with Gasteiger partial charge in [0.05, 0.1) is 25.3 Å². The van der Waals surface area contributed by atoms with Crippen molar-refractivity contribution in [3.05, 3.63) is 70.8 Å². The summed E-state index contributed by atoms with van der Waals surface area (Å²) in [6.07, 6.45) is 1.63. The first-order valence-corrected chi connectivity index (χ1v) is 13.5. The molecule has 9 heteroatoms. The van der Waals surface area contributed by atoms with Gasteiger partial charge < -0.3 is 4.74 Å². The monoisotopic (exact) mass is 514 g/mol. The van der Waals surface area contributed by atoms with Crippen LogP contribution in [0, 0.1) is 0 Å². The standard InChI is InChI=1S/C26H33F3O5S/c1-33-25(30)19-24(34-35(2,31)32)23-18-22(26(27,28)29)17-16-21(23)15-11-6-4-3-5-8-12-20-13-9-7-10-14-20/h7,9-10,13-14,16-18,24H,3-6,8,11-12,15,19H2,1-2H3. The molecule has 0 radical (unpaired) electrons. The second kappa shape index (κ2) is 13.6. The van der Waals surface area contributed by atoms with Crippen LogP contribution < -0.4 is 0 Å². The van der Waals surface area contributed by atoms with E-state index in [1.807, 2.05) is 18.2 Å². The van der Waals surface area contributed by atoms with Gasteiger partial charge in [-0.15, -0.1) is 0 Å². The maximum Gasteiger partial charge on any atom is 0.416 e. The number of unbranched alkanes of at least 4 members (excludes halogenated alkanes) is 5. The van der Waals surface area contributed by atoms with Crippen molar-refractivity contribution in [1.29, 1.82) is 0 Å². The van der Waals surface area contributed by atoms with Crippen LogP contribution in [0.3, 0.4) is 0 Å². The van der Waals surface area contributed by atoms with Crippen molar-refractivity contribution in [1.82, 2.24) is 0 Å². The van der Waals surface area contributed by atoms with Crippen LogP contribution in [0.25, 0.3) is 0 Å². The molecule has 0 amide bonds. The van der Waals surface area contributed by atoms with Gasteiger partial charge in [-0.3, -0.25) is 8.98 Å². The second-order valence-electron chi connectivity index (χ2n) is 8.59. The number of ether oxygens (including phenoxy) is 1. The third kappa shape index (κ3) is 10.8. The molecule has 0 aliphatic heterocycles. The molecule has 0 spiro atoms. The summed E-state index contributed by atoms with van der Waals surface area (Å²) >= 11 is 0. The smallest absolute Gasteiger partial charge is 0.416 e. The molecule has 2 aromatic carbocycles. The Kier molecular flexibility index (Phi) is 11.2. The molecule has 0 bridgehead atoms. The van der Waals surface area contributed by atoms with Crippen LogP contribution in [0.1, 0.15) is 73.3 Å². The number of methoxy groups -OCH3 is 1. The summed E-state index contributed by atoms with van der Waals surface area (Å²) < 4.78 is 73.1. The number of aryl methyl sites for hydroxylation is 2. The molecular formula is C26H33F3O5S. The molecule has 1 atom stereocenters. The lowest BCUT2D eigenvalue weighted by molar-refractivity contribution is -0.142. The lowest BCUT2D eigenvalue weighted by atomic mass is 9.93. The highest BCUT2D eigenvalue weighted by Gasteiger charge is 2.33. The number of hydrogen-bond acceptors (Lipinski definition) is 5. The highest BCUT2D eigenvalue weighted by atomic mass is 32.2. The number of alkyl halides is 3. The van der Waals surface area contributed by atoms with Gasteiger partial charge in [0.1, 0.15) is 6.10 Å². The summed E-state index contributed by atoms with van der Waals surface area (Å²) in [7, 11) is -2.92. The van der Waals surface area contributed by atoms with Gasteiger partial charge in [-0.25, -0.2) is 0 Å². The Balaban J connectivity index is 2.00. The number of hydrogen-bond donors (Lipinski definition) is 0. The number of carbonyl (C=O) groups excluding carboxylic acids is 1. The third-order valence-corrected chi connectivity index (χ3v) is 6.28. The molecule has 2 rings (SSSR count). The Morgan fingerprint density at radius 1 is 0.914 bits per heavy atom. The van der Waals surface area contributed by atoms with Crippen molar-refractivity contribution in [2.45, 2.75) is 70.1 Å². The molecule has 0 fully saturated rings. The highest BCUT2D eigenvalue weighted by molar-refractivity contribution is 7.86. The fraction of sp³-hybridized carbons (Fsp3) is 0.500. The van der Waals surface area contributed by atoms with Gasteiger partial charge in [-0.2, -0.15) is 21.6 Å². The minimum absolute atomic E-state index is 0.0403. The van der Waals surface area contributed by atoms with E-state index in [1.54, 1.807) is 0 Å². The third-order valence-electron chi connectivity index (χ3n) is 5.70. The van der Waals surface area contributed by atoms with E-state index >= 15 is 0 Å². The first kappa shape index (κ1) is 28.8. The van der Waals surface area contributed by atoms with Crippen molar-refractivity contribution < 1.29 is 35.3 Å². The van der Waals surface area contributed by atoms with E-state index in [1.165, 1.54) is 11.6 Å². The summed E-state index contributed by atoms with van der Waals surface area (Å²) in [6.45, 7) is 0. The average Bonchev–Trinajstić information content (AvgIpc) is 2.79. The molecule has 0 saturated carbocycles. The van der Waals surface area contributed by atoms with Gasteiger partial charge in [0.2, 0.25) is 0 Å². The number of rotatable bonds is 14. The molecule has 5 nitrogen and oxygen atoms in total. The Hall–Kier alpha value is -2.39. The quantitative estimate of drug-likeness (QED) is 0.165. The van der Waals surface area contributed by atoms with E-state index in [9.17, 15) is 26.4 Å². The molecular weight excluding hydrogens is 481 g/mol. The summed E-state index contributed by atoms with van der Waals surface area (Å²) in [5.74, 6) is -0.780. The van der Waals surface area contributed by atoms with Crippen molar-refractivity contribution in [3.63, 3.8) is 0 Å². The fourth-order valence-corrected chi connectivity index (χ4v) is 4.53. The van der Waals surface area contributed by atoms with Crippen molar-refractivity contribution in [2.24, 2.45) is 0 Å². The molecule has 1 unspecified atom stereocenters. The summed E-state index contributed by atoms with van der Waals surface area (Å²) in [6, 6.07) is 13.5. The Morgan fingerprint density at radius 2 is 1.51 bits per heavy atom. The Labute approximate surface area is 205 Å². The summed E-state index contributed by atoms with van der Waals surface area (Å²) in [5, 5.41) is 0. The molecule has 0 heterocycles. The summed E-state index contributed by atoms with van der Waals surface area (Å²) in [5.41, 5.74) is 0.958.